The molecule has 1 aromatic heterocycles. The number of hydrogen-bond donors (Lipinski definition) is 2. The molecule has 1 aromatic rings. The second kappa shape index (κ2) is 5.58. The van der Waals surface area contributed by atoms with Gasteiger partial charge in [0.1, 0.15) is 0 Å². The number of ether oxygens (including phenoxy) is 1. The Morgan fingerprint density at radius 2 is 2.18 bits per heavy atom. The van der Waals surface area contributed by atoms with Crippen molar-refractivity contribution in [2.75, 3.05) is 19.7 Å². The largest absolute Gasteiger partial charge is 0.476 e. The first-order valence-corrected chi connectivity index (χ1v) is 5.73. The number of nitrogens with one attached hydrogen (secondary N) is 1. The Morgan fingerprint density at radius 3 is 2.76 bits per heavy atom. The quantitative estimate of drug-likeness (QED) is 0.765. The molecule has 0 bridgehead atoms. The molecule has 0 aromatic carbocycles. The summed E-state index contributed by atoms with van der Waals surface area (Å²) in [5.41, 5.74) is 5.22. The number of nitrogens with zero attached hydrogens (tertiary/aromatic N) is 2. The van der Waals surface area contributed by atoms with Gasteiger partial charge in [0.2, 0.25) is 5.88 Å². The Morgan fingerprint density at radius 1 is 1.41 bits per heavy atom. The topological polar surface area (TPSA) is 90.1 Å². The molecule has 17 heavy (non-hydrogen) atoms. The van der Waals surface area contributed by atoms with Gasteiger partial charge in [0, 0.05) is 6.07 Å². The van der Waals surface area contributed by atoms with Gasteiger partial charge in [-0.05, 0) is 37.9 Å². The van der Waals surface area contributed by atoms with Crippen LogP contribution in [0.1, 0.15) is 23.3 Å². The van der Waals surface area contributed by atoms with Crippen molar-refractivity contribution in [1.82, 2.24) is 15.5 Å². The van der Waals surface area contributed by atoms with Gasteiger partial charge in [-0.3, -0.25) is 4.79 Å². The molecule has 2 heterocycles. The monoisotopic (exact) mass is 236 g/mol. The number of nitrogens with two attached hydrogens (primary N) is 1. The van der Waals surface area contributed by atoms with Crippen molar-refractivity contribution in [1.29, 1.82) is 0 Å². The van der Waals surface area contributed by atoms with E-state index in [1.54, 1.807) is 6.07 Å². The normalized spacial score (nSPS) is 16.7. The van der Waals surface area contributed by atoms with Crippen molar-refractivity contribution in [3.63, 3.8) is 0 Å². The summed E-state index contributed by atoms with van der Waals surface area (Å²) in [7, 11) is 0. The Hall–Kier alpha value is -1.69. The Balaban J connectivity index is 1.84. The van der Waals surface area contributed by atoms with E-state index in [4.69, 9.17) is 10.5 Å². The number of carbonyl (C=O) groups is 1. The van der Waals surface area contributed by atoms with Crippen LogP contribution in [0.3, 0.4) is 0 Å². The number of carbonyl (C=O) groups excluding carboxylic acids is 1. The van der Waals surface area contributed by atoms with Crippen molar-refractivity contribution in [2.45, 2.75) is 12.8 Å². The molecule has 1 fully saturated rings. The summed E-state index contributed by atoms with van der Waals surface area (Å²) < 4.78 is 5.53. The zero-order chi connectivity index (χ0) is 12.1. The van der Waals surface area contributed by atoms with E-state index in [-0.39, 0.29) is 5.69 Å². The van der Waals surface area contributed by atoms with Gasteiger partial charge in [-0.1, -0.05) is 0 Å². The van der Waals surface area contributed by atoms with Gasteiger partial charge < -0.3 is 15.8 Å². The molecular weight excluding hydrogens is 220 g/mol. The van der Waals surface area contributed by atoms with Gasteiger partial charge in [-0.25, -0.2) is 0 Å². The average Bonchev–Trinajstić information content (AvgIpc) is 2.38. The third-order valence-electron chi connectivity index (χ3n) is 2.82. The van der Waals surface area contributed by atoms with E-state index in [1.165, 1.54) is 6.07 Å². The molecule has 1 saturated heterocycles. The molecule has 0 unspecified atom stereocenters. The summed E-state index contributed by atoms with van der Waals surface area (Å²) in [5, 5.41) is 10.8. The minimum atomic E-state index is -0.581. The fraction of sp³-hybridized carbons (Fsp3) is 0.545. The van der Waals surface area contributed by atoms with E-state index in [0.717, 1.165) is 25.9 Å². The van der Waals surface area contributed by atoms with Gasteiger partial charge in [-0.2, -0.15) is 0 Å². The minimum Gasteiger partial charge on any atom is -0.476 e. The molecule has 0 radical (unpaired) electrons. The molecule has 6 heteroatoms. The lowest BCUT2D eigenvalue weighted by atomic mass is 9.99. The summed E-state index contributed by atoms with van der Waals surface area (Å²) in [6.45, 7) is 2.73. The fourth-order valence-corrected chi connectivity index (χ4v) is 1.78. The third kappa shape index (κ3) is 3.39. The van der Waals surface area contributed by atoms with Crippen LogP contribution in [0.15, 0.2) is 12.1 Å². The highest BCUT2D eigenvalue weighted by Gasteiger charge is 2.14. The maximum atomic E-state index is 10.8. The van der Waals surface area contributed by atoms with Crippen LogP contribution in [0.2, 0.25) is 0 Å². The smallest absolute Gasteiger partial charge is 0.269 e. The molecular formula is C11H16N4O2. The molecule has 2 rings (SSSR count). The Bertz CT molecular complexity index is 374. The minimum absolute atomic E-state index is 0.152. The summed E-state index contributed by atoms with van der Waals surface area (Å²) in [6, 6.07) is 3.14. The summed E-state index contributed by atoms with van der Waals surface area (Å²) in [4.78, 5) is 10.8. The number of rotatable bonds is 4. The lowest BCUT2D eigenvalue weighted by Gasteiger charge is -2.22. The molecule has 1 aliphatic rings. The van der Waals surface area contributed by atoms with Crippen LogP contribution in [0.5, 0.6) is 5.88 Å². The first-order chi connectivity index (χ1) is 8.25. The van der Waals surface area contributed by atoms with Crippen LogP contribution in [-0.4, -0.2) is 35.8 Å². The van der Waals surface area contributed by atoms with Crippen molar-refractivity contribution >= 4 is 5.91 Å². The summed E-state index contributed by atoms with van der Waals surface area (Å²) in [6.07, 6.45) is 2.24. The lowest BCUT2D eigenvalue weighted by molar-refractivity contribution is 0.0994. The highest BCUT2D eigenvalue weighted by Crippen LogP contribution is 2.13. The third-order valence-corrected chi connectivity index (χ3v) is 2.82. The van der Waals surface area contributed by atoms with Gasteiger partial charge >= 0.3 is 0 Å². The number of piperidine rings is 1. The van der Waals surface area contributed by atoms with E-state index >= 15 is 0 Å². The van der Waals surface area contributed by atoms with Crippen LogP contribution in [0.4, 0.5) is 0 Å². The number of aromatic nitrogens is 2. The summed E-state index contributed by atoms with van der Waals surface area (Å²) >= 11 is 0. The average molecular weight is 236 g/mol. The van der Waals surface area contributed by atoms with E-state index in [0.29, 0.717) is 18.4 Å². The van der Waals surface area contributed by atoms with Crippen molar-refractivity contribution < 1.29 is 9.53 Å². The first kappa shape index (κ1) is 11.8. The molecule has 3 N–H and O–H groups in total. The molecule has 0 aliphatic carbocycles. The number of amides is 1. The number of hydrogen-bond acceptors (Lipinski definition) is 5. The highest BCUT2D eigenvalue weighted by atomic mass is 16.5. The second-order valence-corrected chi connectivity index (χ2v) is 4.13. The van der Waals surface area contributed by atoms with E-state index in [2.05, 4.69) is 15.5 Å². The van der Waals surface area contributed by atoms with E-state index in [1.807, 2.05) is 0 Å². The SMILES string of the molecule is NC(=O)c1ccc(OCC2CCNCC2)nn1. The van der Waals surface area contributed by atoms with E-state index < -0.39 is 5.91 Å². The predicted octanol–water partition coefficient (Wildman–Crippen LogP) is -0.0461. The molecule has 6 nitrogen and oxygen atoms in total. The summed E-state index contributed by atoms with van der Waals surface area (Å²) in [5.74, 6) is 0.421. The lowest BCUT2D eigenvalue weighted by Crippen LogP contribution is -2.30. The fourth-order valence-electron chi connectivity index (χ4n) is 1.78. The van der Waals surface area contributed by atoms with Gasteiger partial charge in [-0.15, -0.1) is 10.2 Å². The second-order valence-electron chi connectivity index (χ2n) is 4.13. The first-order valence-electron chi connectivity index (χ1n) is 5.73. The van der Waals surface area contributed by atoms with Gasteiger partial charge in [0.15, 0.2) is 5.69 Å². The maximum Gasteiger partial charge on any atom is 0.269 e. The van der Waals surface area contributed by atoms with Crippen LogP contribution in [0.25, 0.3) is 0 Å². The highest BCUT2D eigenvalue weighted by molar-refractivity contribution is 5.90. The molecule has 0 spiro atoms. The van der Waals surface area contributed by atoms with Crippen molar-refractivity contribution in [3.05, 3.63) is 17.8 Å². The van der Waals surface area contributed by atoms with E-state index in [9.17, 15) is 4.79 Å². The molecule has 1 aliphatic heterocycles. The molecule has 92 valence electrons. The van der Waals surface area contributed by atoms with Crippen molar-refractivity contribution in [2.24, 2.45) is 11.7 Å². The van der Waals surface area contributed by atoms with Gasteiger partial charge in [0.05, 0.1) is 6.61 Å². The van der Waals surface area contributed by atoms with Crippen LogP contribution >= 0.6 is 0 Å². The van der Waals surface area contributed by atoms with Crippen LogP contribution in [0, 0.1) is 5.92 Å². The molecule has 0 atom stereocenters. The molecule has 0 saturated carbocycles. The zero-order valence-electron chi connectivity index (χ0n) is 9.56. The Kier molecular flexibility index (Phi) is 3.87. The predicted molar refractivity (Wildman–Crippen MR) is 61.6 cm³/mol. The standard InChI is InChI=1S/C11H16N4O2/c12-11(16)9-1-2-10(15-14-9)17-7-8-3-5-13-6-4-8/h1-2,8,13H,3-7H2,(H2,12,16). The van der Waals surface area contributed by atoms with Crippen LogP contribution in [-0.2, 0) is 0 Å². The Labute approximate surface area is 99.6 Å². The van der Waals surface area contributed by atoms with Gasteiger partial charge in [0.25, 0.3) is 5.91 Å². The molecule has 1 amide bonds. The van der Waals surface area contributed by atoms with Crippen molar-refractivity contribution in [3.8, 4) is 5.88 Å². The zero-order valence-corrected chi connectivity index (χ0v) is 9.56. The maximum absolute atomic E-state index is 10.8. The number of primary amides is 1. The van der Waals surface area contributed by atoms with Crippen LogP contribution < -0.4 is 15.8 Å².